The third-order valence-electron chi connectivity index (χ3n) is 3.81. The summed E-state index contributed by atoms with van der Waals surface area (Å²) in [5, 5.41) is 10.9. The third kappa shape index (κ3) is 2.62. The Bertz CT molecular complexity index is 1030. The first kappa shape index (κ1) is 16.0. The lowest BCUT2D eigenvalue weighted by atomic mass is 10.1. The van der Waals surface area contributed by atoms with Gasteiger partial charge in [-0.05, 0) is 42.5 Å². The molecule has 0 saturated heterocycles. The predicted octanol–water partition coefficient (Wildman–Crippen LogP) is 3.43. The van der Waals surface area contributed by atoms with Crippen LogP contribution in [0.2, 0.25) is 0 Å². The number of carbonyl (C=O) groups excluding carboxylic acids is 2. The number of carbonyl (C=O) groups is 3. The van der Waals surface area contributed by atoms with Crippen molar-refractivity contribution in [3.05, 3.63) is 70.7 Å². The summed E-state index contributed by atoms with van der Waals surface area (Å²) >= 11 is 1.20. The Kier molecular flexibility index (Phi) is 3.74. The largest absolute Gasteiger partial charge is 0.478 e. The van der Waals surface area contributed by atoms with Crippen LogP contribution >= 0.6 is 11.3 Å². The van der Waals surface area contributed by atoms with Gasteiger partial charge in [0.15, 0.2) is 5.13 Å². The molecule has 1 aliphatic rings. The van der Waals surface area contributed by atoms with Gasteiger partial charge in [0.2, 0.25) is 0 Å². The molecule has 8 heteroatoms. The molecule has 0 bridgehead atoms. The van der Waals surface area contributed by atoms with Crippen molar-refractivity contribution in [2.45, 2.75) is 0 Å². The van der Waals surface area contributed by atoms with E-state index in [1.54, 1.807) is 11.4 Å². The zero-order valence-electron chi connectivity index (χ0n) is 13.1. The highest BCUT2D eigenvalue weighted by Crippen LogP contribution is 2.33. The second kappa shape index (κ2) is 6.08. The van der Waals surface area contributed by atoms with Crippen LogP contribution in [0.4, 0.5) is 5.13 Å². The van der Waals surface area contributed by atoms with E-state index >= 15 is 0 Å². The highest BCUT2D eigenvalue weighted by molar-refractivity contribution is 7.14. The van der Waals surface area contributed by atoms with Crippen LogP contribution in [0.3, 0.4) is 0 Å². The van der Waals surface area contributed by atoms with Crippen molar-refractivity contribution in [1.29, 1.82) is 0 Å². The quantitative estimate of drug-likeness (QED) is 0.711. The van der Waals surface area contributed by atoms with Crippen LogP contribution in [0.15, 0.2) is 54.0 Å². The summed E-state index contributed by atoms with van der Waals surface area (Å²) < 4.78 is 5.66. The van der Waals surface area contributed by atoms with Crippen molar-refractivity contribution in [2.24, 2.45) is 0 Å². The Balaban J connectivity index is 1.62. The second-order valence-corrected chi connectivity index (χ2v) is 6.27. The number of aromatic nitrogens is 1. The van der Waals surface area contributed by atoms with Gasteiger partial charge in [-0.15, -0.1) is 11.3 Å². The fraction of sp³-hybridized carbons (Fsp3) is 0. The monoisotopic (exact) mass is 366 g/mol. The van der Waals surface area contributed by atoms with E-state index < -0.39 is 17.8 Å². The maximum absolute atomic E-state index is 12.6. The summed E-state index contributed by atoms with van der Waals surface area (Å²) in [6.07, 6.45) is 1.53. The van der Waals surface area contributed by atoms with Gasteiger partial charge in [-0.3, -0.25) is 9.59 Å². The van der Waals surface area contributed by atoms with E-state index in [1.165, 1.54) is 53.9 Å². The summed E-state index contributed by atoms with van der Waals surface area (Å²) in [6.45, 7) is 0. The topological polar surface area (TPSA) is 96.8 Å². The zero-order chi connectivity index (χ0) is 18.3. The molecule has 26 heavy (non-hydrogen) atoms. The highest BCUT2D eigenvalue weighted by Gasteiger charge is 2.38. The van der Waals surface area contributed by atoms with E-state index in [9.17, 15) is 14.4 Å². The average molecular weight is 366 g/mol. The molecule has 3 aromatic rings. The molecule has 128 valence electrons. The Hall–Kier alpha value is -3.52. The lowest BCUT2D eigenvalue weighted by Gasteiger charge is -2.08. The number of carboxylic acid groups (broad SMARTS) is 1. The van der Waals surface area contributed by atoms with Gasteiger partial charge in [-0.25, -0.2) is 14.7 Å². The Morgan fingerprint density at radius 1 is 1.00 bits per heavy atom. The van der Waals surface area contributed by atoms with Gasteiger partial charge in [-0.1, -0.05) is 0 Å². The number of anilines is 1. The SMILES string of the molecule is O=C(O)c1ccc(Oc2ccc3c(c2)C(=O)N(c2nccs2)C3=O)cc1. The molecule has 0 atom stereocenters. The molecule has 0 fully saturated rings. The maximum Gasteiger partial charge on any atom is 0.335 e. The molecular weight excluding hydrogens is 356 g/mol. The molecule has 0 radical (unpaired) electrons. The number of thiazole rings is 1. The van der Waals surface area contributed by atoms with Crippen molar-refractivity contribution in [3.63, 3.8) is 0 Å². The number of aromatic carboxylic acids is 1. The molecule has 2 amide bonds. The Morgan fingerprint density at radius 2 is 1.69 bits per heavy atom. The molecule has 0 aliphatic carbocycles. The van der Waals surface area contributed by atoms with E-state index in [1.807, 2.05) is 0 Å². The molecule has 7 nitrogen and oxygen atoms in total. The first-order valence-corrected chi connectivity index (χ1v) is 8.36. The van der Waals surface area contributed by atoms with Crippen molar-refractivity contribution < 1.29 is 24.2 Å². The molecule has 2 heterocycles. The van der Waals surface area contributed by atoms with Gasteiger partial charge < -0.3 is 9.84 Å². The highest BCUT2D eigenvalue weighted by atomic mass is 32.1. The van der Waals surface area contributed by atoms with E-state index in [0.717, 1.165) is 4.90 Å². The number of imide groups is 1. The fourth-order valence-electron chi connectivity index (χ4n) is 2.59. The van der Waals surface area contributed by atoms with E-state index in [2.05, 4.69) is 4.98 Å². The first-order valence-electron chi connectivity index (χ1n) is 7.48. The van der Waals surface area contributed by atoms with Crippen LogP contribution in [0, 0.1) is 0 Å². The number of benzene rings is 2. The van der Waals surface area contributed by atoms with Gasteiger partial charge in [0.25, 0.3) is 11.8 Å². The van der Waals surface area contributed by atoms with Gasteiger partial charge in [0.1, 0.15) is 11.5 Å². The summed E-state index contributed by atoms with van der Waals surface area (Å²) in [5.74, 6) is -1.11. The molecule has 0 saturated carbocycles. The minimum atomic E-state index is -1.03. The number of ether oxygens (including phenoxy) is 1. The van der Waals surface area contributed by atoms with Gasteiger partial charge in [0, 0.05) is 11.6 Å². The molecular formula is C18H10N2O5S. The van der Waals surface area contributed by atoms with Gasteiger partial charge >= 0.3 is 5.97 Å². The minimum absolute atomic E-state index is 0.145. The average Bonchev–Trinajstić information content (AvgIpc) is 3.23. The number of rotatable bonds is 4. The number of hydrogen-bond acceptors (Lipinski definition) is 6. The van der Waals surface area contributed by atoms with Crippen molar-refractivity contribution in [2.75, 3.05) is 4.90 Å². The number of amides is 2. The first-order chi connectivity index (χ1) is 12.5. The molecule has 1 aromatic heterocycles. The number of carboxylic acids is 1. The number of fused-ring (bicyclic) bond motifs is 1. The third-order valence-corrected chi connectivity index (χ3v) is 4.56. The summed E-state index contributed by atoms with van der Waals surface area (Å²) in [7, 11) is 0. The Labute approximate surface area is 151 Å². The van der Waals surface area contributed by atoms with Crippen LogP contribution in [0.25, 0.3) is 0 Å². The van der Waals surface area contributed by atoms with Crippen molar-refractivity contribution >= 4 is 34.3 Å². The van der Waals surface area contributed by atoms with Gasteiger partial charge in [-0.2, -0.15) is 0 Å². The van der Waals surface area contributed by atoms with E-state index in [-0.39, 0.29) is 11.1 Å². The fourth-order valence-corrected chi connectivity index (χ4v) is 3.22. The minimum Gasteiger partial charge on any atom is -0.478 e. The van der Waals surface area contributed by atoms with Gasteiger partial charge in [0.05, 0.1) is 16.7 Å². The molecule has 0 unspecified atom stereocenters. The van der Waals surface area contributed by atoms with Crippen LogP contribution in [-0.4, -0.2) is 27.9 Å². The lowest BCUT2D eigenvalue weighted by Crippen LogP contribution is -2.29. The van der Waals surface area contributed by atoms with Crippen molar-refractivity contribution in [1.82, 2.24) is 4.98 Å². The maximum atomic E-state index is 12.6. The van der Waals surface area contributed by atoms with Crippen molar-refractivity contribution in [3.8, 4) is 11.5 Å². The number of hydrogen-bond donors (Lipinski definition) is 1. The smallest absolute Gasteiger partial charge is 0.335 e. The molecule has 1 aliphatic heterocycles. The lowest BCUT2D eigenvalue weighted by molar-refractivity contribution is 0.0696. The standard InChI is InChI=1S/C18H10N2O5S/c21-15-13-6-5-12(25-11-3-1-10(2-4-11)17(23)24)9-14(13)16(22)20(15)18-19-7-8-26-18/h1-9H,(H,23,24). The number of nitrogens with zero attached hydrogens (tertiary/aromatic N) is 2. The summed E-state index contributed by atoms with van der Waals surface area (Å²) in [4.78, 5) is 41.0. The Morgan fingerprint density at radius 3 is 2.35 bits per heavy atom. The second-order valence-electron chi connectivity index (χ2n) is 5.40. The van der Waals surface area contributed by atoms with E-state index in [0.29, 0.717) is 22.2 Å². The molecule has 4 rings (SSSR count). The zero-order valence-corrected chi connectivity index (χ0v) is 13.9. The van der Waals surface area contributed by atoms with E-state index in [4.69, 9.17) is 9.84 Å². The normalized spacial score (nSPS) is 13.0. The molecule has 1 N–H and O–H groups in total. The van der Waals surface area contributed by atoms with Crippen LogP contribution in [0.5, 0.6) is 11.5 Å². The summed E-state index contributed by atoms with van der Waals surface area (Å²) in [6, 6.07) is 10.5. The molecule has 2 aromatic carbocycles. The van der Waals surface area contributed by atoms with Crippen LogP contribution in [0.1, 0.15) is 31.1 Å². The molecule has 0 spiro atoms. The summed E-state index contributed by atoms with van der Waals surface area (Å²) in [5.41, 5.74) is 0.676. The predicted molar refractivity (Wildman–Crippen MR) is 93.2 cm³/mol. The van der Waals surface area contributed by atoms with Crippen LogP contribution in [-0.2, 0) is 0 Å². The van der Waals surface area contributed by atoms with Crippen LogP contribution < -0.4 is 9.64 Å².